The number of hydrogen-bond acceptors (Lipinski definition) is 3. The molecule has 0 unspecified atom stereocenters. The fourth-order valence-corrected chi connectivity index (χ4v) is 3.50. The molecule has 4 heteroatoms. The molecular weight excluding hydrogens is 240 g/mol. The van der Waals surface area contributed by atoms with Crippen molar-refractivity contribution in [2.75, 3.05) is 20.2 Å². The quantitative estimate of drug-likeness (QED) is 0.797. The van der Waals surface area contributed by atoms with E-state index in [0.717, 1.165) is 38.5 Å². The van der Waals surface area contributed by atoms with E-state index in [2.05, 4.69) is 5.32 Å². The summed E-state index contributed by atoms with van der Waals surface area (Å²) < 4.78 is 0. The molecule has 4 nitrogen and oxygen atoms in total. The van der Waals surface area contributed by atoms with E-state index in [0.29, 0.717) is 12.6 Å². The van der Waals surface area contributed by atoms with Gasteiger partial charge in [-0.1, -0.05) is 32.1 Å². The van der Waals surface area contributed by atoms with Gasteiger partial charge >= 0.3 is 0 Å². The van der Waals surface area contributed by atoms with Crippen molar-refractivity contribution in [3.8, 4) is 0 Å². The Kier molecular flexibility index (Phi) is 5.22. The second-order valence-electron chi connectivity index (χ2n) is 6.30. The fourth-order valence-electron chi connectivity index (χ4n) is 3.50. The van der Waals surface area contributed by atoms with E-state index >= 15 is 0 Å². The number of aliphatic hydroxyl groups excluding tert-OH is 1. The third kappa shape index (κ3) is 3.69. The topological polar surface area (TPSA) is 52.6 Å². The van der Waals surface area contributed by atoms with Gasteiger partial charge in [-0.15, -0.1) is 0 Å². The lowest BCUT2D eigenvalue weighted by molar-refractivity contribution is -0.132. The van der Waals surface area contributed by atoms with Gasteiger partial charge in [0.1, 0.15) is 0 Å². The van der Waals surface area contributed by atoms with Gasteiger partial charge in [0.2, 0.25) is 5.91 Å². The van der Waals surface area contributed by atoms with Gasteiger partial charge in [0.05, 0.1) is 13.2 Å². The van der Waals surface area contributed by atoms with E-state index in [1.807, 2.05) is 11.9 Å². The summed E-state index contributed by atoms with van der Waals surface area (Å²) in [6.07, 6.45) is 10.4. The monoisotopic (exact) mass is 268 g/mol. The maximum absolute atomic E-state index is 12.2. The van der Waals surface area contributed by atoms with Gasteiger partial charge in [-0.3, -0.25) is 4.79 Å². The Bertz CT molecular complexity index is 295. The number of nitrogens with zero attached hydrogens (tertiary/aromatic N) is 1. The molecular formula is C15H28N2O2. The Hall–Kier alpha value is -0.610. The zero-order valence-electron chi connectivity index (χ0n) is 12.2. The maximum Gasteiger partial charge on any atom is 0.236 e. The summed E-state index contributed by atoms with van der Waals surface area (Å²) in [7, 11) is 1.93. The summed E-state index contributed by atoms with van der Waals surface area (Å²) in [5, 5.41) is 12.9. The lowest BCUT2D eigenvalue weighted by atomic mass is 9.94. The molecule has 0 aromatic carbocycles. The third-order valence-corrected chi connectivity index (χ3v) is 4.99. The van der Waals surface area contributed by atoms with Gasteiger partial charge in [0.25, 0.3) is 0 Å². The Morgan fingerprint density at radius 3 is 2.42 bits per heavy atom. The van der Waals surface area contributed by atoms with Crippen LogP contribution in [0, 0.1) is 0 Å². The molecule has 0 heterocycles. The number of carbonyl (C=O) groups is 1. The van der Waals surface area contributed by atoms with Gasteiger partial charge in [-0.2, -0.15) is 0 Å². The smallest absolute Gasteiger partial charge is 0.236 e. The molecule has 0 aliphatic heterocycles. The molecule has 2 rings (SSSR count). The van der Waals surface area contributed by atoms with Crippen molar-refractivity contribution in [1.82, 2.24) is 10.2 Å². The molecule has 2 fully saturated rings. The molecule has 0 aromatic rings. The van der Waals surface area contributed by atoms with Crippen LogP contribution in [0.15, 0.2) is 0 Å². The van der Waals surface area contributed by atoms with Gasteiger partial charge in [-0.05, 0) is 25.7 Å². The van der Waals surface area contributed by atoms with Crippen molar-refractivity contribution in [2.24, 2.45) is 0 Å². The van der Waals surface area contributed by atoms with Crippen molar-refractivity contribution in [1.29, 1.82) is 0 Å². The minimum atomic E-state index is -0.191. The van der Waals surface area contributed by atoms with Crippen LogP contribution in [0.25, 0.3) is 0 Å². The highest BCUT2D eigenvalue weighted by Crippen LogP contribution is 2.29. The number of nitrogens with one attached hydrogen (secondary N) is 1. The van der Waals surface area contributed by atoms with Crippen LogP contribution < -0.4 is 5.32 Å². The van der Waals surface area contributed by atoms with Gasteiger partial charge < -0.3 is 15.3 Å². The van der Waals surface area contributed by atoms with Crippen LogP contribution in [0.2, 0.25) is 0 Å². The second kappa shape index (κ2) is 6.71. The first-order valence-electron chi connectivity index (χ1n) is 7.78. The number of aliphatic hydroxyl groups is 1. The molecule has 0 saturated heterocycles. The first-order valence-corrected chi connectivity index (χ1v) is 7.78. The highest BCUT2D eigenvalue weighted by Gasteiger charge is 2.33. The summed E-state index contributed by atoms with van der Waals surface area (Å²) in [6, 6.07) is 0.428. The molecule has 0 radical (unpaired) electrons. The summed E-state index contributed by atoms with van der Waals surface area (Å²) in [6.45, 7) is 0.515. The van der Waals surface area contributed by atoms with Gasteiger partial charge in [-0.25, -0.2) is 0 Å². The molecule has 0 aromatic heterocycles. The number of hydrogen-bond donors (Lipinski definition) is 2. The zero-order valence-corrected chi connectivity index (χ0v) is 12.2. The summed E-state index contributed by atoms with van der Waals surface area (Å²) in [4.78, 5) is 14.2. The molecule has 0 atom stereocenters. The Morgan fingerprint density at radius 2 is 1.84 bits per heavy atom. The van der Waals surface area contributed by atoms with Crippen molar-refractivity contribution in [3.63, 3.8) is 0 Å². The molecule has 2 saturated carbocycles. The van der Waals surface area contributed by atoms with Crippen LogP contribution in [0.5, 0.6) is 0 Å². The summed E-state index contributed by atoms with van der Waals surface area (Å²) >= 11 is 0. The molecule has 2 aliphatic carbocycles. The molecule has 110 valence electrons. The van der Waals surface area contributed by atoms with E-state index < -0.39 is 0 Å². The van der Waals surface area contributed by atoms with Crippen LogP contribution >= 0.6 is 0 Å². The Labute approximate surface area is 116 Å². The van der Waals surface area contributed by atoms with Crippen LogP contribution in [0.1, 0.15) is 57.8 Å². The molecule has 0 bridgehead atoms. The van der Waals surface area contributed by atoms with Gasteiger partial charge in [0, 0.05) is 18.6 Å². The predicted molar refractivity (Wildman–Crippen MR) is 75.9 cm³/mol. The summed E-state index contributed by atoms with van der Waals surface area (Å²) in [5.41, 5.74) is -0.191. The van der Waals surface area contributed by atoms with Crippen molar-refractivity contribution >= 4 is 5.91 Å². The maximum atomic E-state index is 12.2. The number of carbonyl (C=O) groups excluding carboxylic acids is 1. The van der Waals surface area contributed by atoms with E-state index in [-0.39, 0.29) is 18.1 Å². The van der Waals surface area contributed by atoms with Crippen LogP contribution in [0.4, 0.5) is 0 Å². The first-order chi connectivity index (χ1) is 9.17. The van der Waals surface area contributed by atoms with Crippen LogP contribution in [-0.4, -0.2) is 47.7 Å². The van der Waals surface area contributed by atoms with Crippen LogP contribution in [0.3, 0.4) is 0 Å². The van der Waals surface area contributed by atoms with Crippen molar-refractivity contribution in [3.05, 3.63) is 0 Å². The lowest BCUT2D eigenvalue weighted by Crippen LogP contribution is -2.51. The SMILES string of the molecule is CN(C(=O)CNC1(CO)CCCC1)C1CCCCC1. The highest BCUT2D eigenvalue weighted by molar-refractivity contribution is 5.78. The van der Waals surface area contributed by atoms with E-state index in [1.54, 1.807) is 0 Å². The van der Waals surface area contributed by atoms with E-state index in [4.69, 9.17) is 0 Å². The first kappa shape index (κ1) is 14.8. The number of rotatable bonds is 5. The standard InChI is InChI=1S/C15H28N2O2/c1-17(13-7-3-2-4-8-13)14(19)11-16-15(12-18)9-5-6-10-15/h13,16,18H,2-12H2,1H3. The van der Waals surface area contributed by atoms with Gasteiger partial charge in [0.15, 0.2) is 0 Å². The third-order valence-electron chi connectivity index (χ3n) is 4.99. The number of amides is 1. The summed E-state index contributed by atoms with van der Waals surface area (Å²) in [5.74, 6) is 0.173. The predicted octanol–water partition coefficient (Wildman–Crippen LogP) is 1.67. The Morgan fingerprint density at radius 1 is 1.21 bits per heavy atom. The average Bonchev–Trinajstić information content (AvgIpc) is 2.94. The molecule has 2 aliphatic rings. The zero-order chi connectivity index (χ0) is 13.7. The molecule has 2 N–H and O–H groups in total. The van der Waals surface area contributed by atoms with Crippen LogP contribution in [-0.2, 0) is 4.79 Å². The molecule has 0 spiro atoms. The van der Waals surface area contributed by atoms with E-state index in [1.165, 1.54) is 19.3 Å². The average molecular weight is 268 g/mol. The molecule has 1 amide bonds. The molecule has 19 heavy (non-hydrogen) atoms. The largest absolute Gasteiger partial charge is 0.394 e. The minimum absolute atomic E-state index is 0.146. The van der Waals surface area contributed by atoms with Crippen molar-refractivity contribution in [2.45, 2.75) is 69.4 Å². The second-order valence-corrected chi connectivity index (χ2v) is 6.30. The lowest BCUT2D eigenvalue weighted by Gasteiger charge is -2.33. The highest BCUT2D eigenvalue weighted by atomic mass is 16.3. The normalized spacial score (nSPS) is 23.5. The Balaban J connectivity index is 1.79. The van der Waals surface area contributed by atoms with E-state index in [9.17, 15) is 9.90 Å². The van der Waals surface area contributed by atoms with Crippen molar-refractivity contribution < 1.29 is 9.90 Å². The fraction of sp³-hybridized carbons (Fsp3) is 0.933. The number of likely N-dealkylation sites (N-methyl/N-ethyl adjacent to an activating group) is 1. The minimum Gasteiger partial charge on any atom is -0.394 e.